The molecular weight excluding hydrogens is 459 g/mol. The lowest BCUT2D eigenvalue weighted by Crippen LogP contribution is -2.55. The molecule has 0 spiro atoms. The molecule has 1 saturated heterocycles. The fourth-order valence-electron chi connectivity index (χ4n) is 4.21. The summed E-state index contributed by atoms with van der Waals surface area (Å²) < 4.78 is 69.8. The predicted molar refractivity (Wildman–Crippen MR) is 116 cm³/mol. The highest BCUT2D eigenvalue weighted by atomic mass is 32.2. The van der Waals surface area contributed by atoms with Crippen LogP contribution in [0.1, 0.15) is 31.2 Å². The van der Waals surface area contributed by atoms with Gasteiger partial charge in [0.25, 0.3) is 5.82 Å². The van der Waals surface area contributed by atoms with E-state index < -0.39 is 33.4 Å². The first-order valence-corrected chi connectivity index (χ1v) is 11.7. The molecule has 1 fully saturated rings. The maximum atomic E-state index is 13.2. The molecule has 0 bridgehead atoms. The second kappa shape index (κ2) is 7.92. The van der Waals surface area contributed by atoms with Crippen LogP contribution < -0.4 is 10.5 Å². The van der Waals surface area contributed by atoms with Crippen LogP contribution in [0, 0.1) is 6.92 Å². The number of nitrogens with one attached hydrogen (secondary N) is 1. The number of fused-ring (bicyclic) bond motifs is 1. The number of halogens is 3. The molecule has 3 heterocycles. The molecule has 0 amide bonds. The molecular formula is C20H24F3N7O2S. The topological polar surface area (TPSA) is 119 Å². The molecule has 3 aromatic rings. The molecule has 1 aliphatic heterocycles. The Bertz CT molecular complexity index is 1320. The molecule has 1 unspecified atom stereocenters. The van der Waals surface area contributed by atoms with Gasteiger partial charge in [0, 0.05) is 17.6 Å². The molecule has 1 aromatic carbocycles. The van der Waals surface area contributed by atoms with Crippen LogP contribution in [-0.2, 0) is 16.2 Å². The van der Waals surface area contributed by atoms with Crippen LogP contribution >= 0.6 is 0 Å². The SMILES string of the molecule is Cc1ccc(S(=O)(=O)NC2(C)CCCN(C)C2)cc1-c1cnc2c(N)nc(C(F)(F)F)nn12. The number of piperidine rings is 1. The average molecular weight is 484 g/mol. The van der Waals surface area contributed by atoms with Crippen molar-refractivity contribution < 1.29 is 21.6 Å². The van der Waals surface area contributed by atoms with Crippen LogP contribution in [0.5, 0.6) is 0 Å². The Balaban J connectivity index is 1.78. The van der Waals surface area contributed by atoms with Crippen molar-refractivity contribution in [3.8, 4) is 11.3 Å². The average Bonchev–Trinajstić information content (AvgIpc) is 3.11. The smallest absolute Gasteiger partial charge is 0.380 e. The molecule has 0 radical (unpaired) electrons. The lowest BCUT2D eigenvalue weighted by Gasteiger charge is -2.39. The Morgan fingerprint density at radius 1 is 1.27 bits per heavy atom. The highest BCUT2D eigenvalue weighted by molar-refractivity contribution is 7.89. The number of imidazole rings is 1. The lowest BCUT2D eigenvalue weighted by atomic mass is 9.93. The van der Waals surface area contributed by atoms with Crippen molar-refractivity contribution in [1.82, 2.24) is 29.2 Å². The molecule has 0 saturated carbocycles. The molecule has 33 heavy (non-hydrogen) atoms. The summed E-state index contributed by atoms with van der Waals surface area (Å²) in [6.07, 6.45) is -1.96. The number of hydrogen-bond donors (Lipinski definition) is 2. The number of alkyl halides is 3. The highest BCUT2D eigenvalue weighted by Crippen LogP contribution is 2.31. The van der Waals surface area contributed by atoms with E-state index in [-0.39, 0.29) is 16.2 Å². The van der Waals surface area contributed by atoms with Gasteiger partial charge in [-0.05, 0) is 58.0 Å². The molecule has 13 heteroatoms. The zero-order chi connectivity index (χ0) is 24.2. The fraction of sp³-hybridized carbons (Fsp3) is 0.450. The van der Waals surface area contributed by atoms with Crippen LogP contribution in [0.2, 0.25) is 0 Å². The Kier molecular flexibility index (Phi) is 5.61. The Morgan fingerprint density at radius 2 is 2.00 bits per heavy atom. The summed E-state index contributed by atoms with van der Waals surface area (Å²) >= 11 is 0. The van der Waals surface area contributed by atoms with Crippen LogP contribution in [-0.4, -0.2) is 58.6 Å². The van der Waals surface area contributed by atoms with Crippen LogP contribution in [0.15, 0.2) is 29.3 Å². The number of likely N-dealkylation sites (N-methyl/N-ethyl adjacent to an activating group) is 1. The Hall–Kier alpha value is -2.77. The minimum absolute atomic E-state index is 0.00873. The van der Waals surface area contributed by atoms with Crippen molar-refractivity contribution in [3.05, 3.63) is 35.8 Å². The molecule has 9 nitrogen and oxygen atoms in total. The van der Waals surface area contributed by atoms with Gasteiger partial charge in [0.1, 0.15) is 0 Å². The number of nitrogen functional groups attached to an aromatic ring is 1. The van der Waals surface area contributed by atoms with Crippen LogP contribution in [0.25, 0.3) is 16.9 Å². The summed E-state index contributed by atoms with van der Waals surface area (Å²) in [6, 6.07) is 4.46. The number of nitrogens with zero attached hydrogens (tertiary/aromatic N) is 5. The van der Waals surface area contributed by atoms with Gasteiger partial charge in [-0.1, -0.05) is 6.07 Å². The van der Waals surface area contributed by atoms with Crippen molar-refractivity contribution in [2.75, 3.05) is 25.9 Å². The fourth-order valence-corrected chi connectivity index (χ4v) is 5.66. The van der Waals surface area contributed by atoms with Crippen LogP contribution in [0.3, 0.4) is 0 Å². The third-order valence-corrected chi connectivity index (χ3v) is 7.34. The summed E-state index contributed by atoms with van der Waals surface area (Å²) in [6.45, 7) is 5.03. The molecule has 3 N–H and O–H groups in total. The van der Waals surface area contributed by atoms with Gasteiger partial charge in [0.15, 0.2) is 11.5 Å². The van der Waals surface area contributed by atoms with Crippen molar-refractivity contribution in [2.24, 2.45) is 0 Å². The largest absolute Gasteiger partial charge is 0.453 e. The predicted octanol–water partition coefficient (Wildman–Crippen LogP) is 2.46. The van der Waals surface area contributed by atoms with Crippen molar-refractivity contribution in [2.45, 2.75) is 43.3 Å². The normalized spacial score (nSPS) is 20.4. The zero-order valence-electron chi connectivity index (χ0n) is 18.3. The second-order valence-electron chi connectivity index (χ2n) is 8.68. The first-order valence-electron chi connectivity index (χ1n) is 10.2. The summed E-state index contributed by atoms with van der Waals surface area (Å²) in [4.78, 5) is 9.38. The minimum Gasteiger partial charge on any atom is -0.380 e. The van der Waals surface area contributed by atoms with E-state index in [1.165, 1.54) is 18.3 Å². The van der Waals surface area contributed by atoms with Crippen molar-refractivity contribution >= 4 is 21.5 Å². The molecule has 4 rings (SSSR count). The number of anilines is 1. The number of benzene rings is 1. The standard InChI is InChI=1S/C20H24F3N7O2S/c1-12-5-6-13(33(31,32)28-19(2)7-4-8-29(3)11-19)9-14(12)15-10-25-17-16(24)26-18(20(21,22)23)27-30(15)17/h5-6,9-10,28H,4,7-8,11H2,1-3H3,(H2,24,26,27). The van der Waals surface area contributed by atoms with E-state index in [1.54, 1.807) is 13.0 Å². The third-order valence-electron chi connectivity index (χ3n) is 5.70. The lowest BCUT2D eigenvalue weighted by molar-refractivity contribution is -0.145. The van der Waals surface area contributed by atoms with Crippen molar-refractivity contribution in [1.29, 1.82) is 0 Å². The number of hydrogen-bond acceptors (Lipinski definition) is 7. The van der Waals surface area contributed by atoms with Gasteiger partial charge >= 0.3 is 6.18 Å². The quantitative estimate of drug-likeness (QED) is 0.585. The molecule has 1 aliphatic rings. The van der Waals surface area contributed by atoms with E-state index in [4.69, 9.17) is 5.73 Å². The number of rotatable bonds is 4. The van der Waals surface area contributed by atoms with E-state index in [0.29, 0.717) is 24.1 Å². The summed E-state index contributed by atoms with van der Waals surface area (Å²) in [5.41, 5.74) is 6.14. The van der Waals surface area contributed by atoms with E-state index in [1.807, 2.05) is 14.0 Å². The Morgan fingerprint density at radius 3 is 2.67 bits per heavy atom. The molecule has 1 atom stereocenters. The van der Waals surface area contributed by atoms with E-state index in [0.717, 1.165) is 17.5 Å². The van der Waals surface area contributed by atoms with E-state index in [9.17, 15) is 21.6 Å². The first-order chi connectivity index (χ1) is 15.3. The number of aromatic nitrogens is 4. The van der Waals surface area contributed by atoms with E-state index in [2.05, 4.69) is 24.7 Å². The highest BCUT2D eigenvalue weighted by Gasteiger charge is 2.37. The third kappa shape index (κ3) is 4.52. The maximum Gasteiger partial charge on any atom is 0.453 e. The molecule has 178 valence electrons. The number of sulfonamides is 1. The van der Waals surface area contributed by atoms with E-state index >= 15 is 0 Å². The monoisotopic (exact) mass is 483 g/mol. The second-order valence-corrected chi connectivity index (χ2v) is 10.4. The van der Waals surface area contributed by atoms with Gasteiger partial charge < -0.3 is 10.6 Å². The number of likely N-dealkylation sites (tertiary alicyclic amines) is 1. The molecule has 0 aliphatic carbocycles. The summed E-state index contributed by atoms with van der Waals surface area (Å²) in [5, 5.41) is 3.56. The van der Waals surface area contributed by atoms with Gasteiger partial charge in [0.05, 0.1) is 16.8 Å². The van der Waals surface area contributed by atoms with Gasteiger partial charge in [-0.2, -0.15) is 13.2 Å². The van der Waals surface area contributed by atoms with Gasteiger partial charge in [-0.25, -0.2) is 27.6 Å². The first kappa shape index (κ1) is 23.4. The van der Waals surface area contributed by atoms with Crippen molar-refractivity contribution in [3.63, 3.8) is 0 Å². The van der Waals surface area contributed by atoms with Crippen LogP contribution in [0.4, 0.5) is 19.0 Å². The number of nitrogens with two attached hydrogens (primary N) is 1. The summed E-state index contributed by atoms with van der Waals surface area (Å²) in [5.74, 6) is -1.84. The summed E-state index contributed by atoms with van der Waals surface area (Å²) in [7, 11) is -1.98. The maximum absolute atomic E-state index is 13.2. The Labute approximate surface area is 188 Å². The molecule has 2 aromatic heterocycles. The zero-order valence-corrected chi connectivity index (χ0v) is 19.1. The van der Waals surface area contributed by atoms with Gasteiger partial charge in [-0.3, -0.25) is 0 Å². The minimum atomic E-state index is -4.81. The van der Waals surface area contributed by atoms with Gasteiger partial charge in [-0.15, -0.1) is 5.10 Å². The van der Waals surface area contributed by atoms with Gasteiger partial charge in [0.2, 0.25) is 10.0 Å². The number of aryl methyl sites for hydroxylation is 1.